The Kier molecular flexibility index (Phi) is 2.81. The third-order valence-electron chi connectivity index (χ3n) is 2.13. The first-order valence-corrected chi connectivity index (χ1v) is 4.19. The van der Waals surface area contributed by atoms with Gasteiger partial charge in [-0.2, -0.15) is 5.10 Å². The first-order chi connectivity index (χ1) is 5.66. The number of carbonyl (C=O) groups is 1. The van der Waals surface area contributed by atoms with Crippen LogP contribution in [0.4, 0.5) is 0 Å². The molecule has 0 aromatic carbocycles. The van der Waals surface area contributed by atoms with Crippen molar-refractivity contribution in [3.63, 3.8) is 0 Å². The lowest BCUT2D eigenvalue weighted by atomic mass is 9.99. The molecule has 4 nitrogen and oxygen atoms in total. The Balaban J connectivity index is 2.54. The van der Waals surface area contributed by atoms with Gasteiger partial charge in [-0.05, 0) is 26.3 Å². The van der Waals surface area contributed by atoms with Gasteiger partial charge in [-0.3, -0.25) is 4.79 Å². The Bertz CT molecular complexity index is 212. The monoisotopic (exact) mass is 169 g/mol. The summed E-state index contributed by atoms with van der Waals surface area (Å²) in [5.41, 5.74) is 6.28. The van der Waals surface area contributed by atoms with E-state index >= 15 is 0 Å². The molecule has 1 unspecified atom stereocenters. The molecular weight excluding hydrogens is 154 g/mol. The van der Waals surface area contributed by atoms with Crippen LogP contribution in [0.2, 0.25) is 0 Å². The molecule has 1 heterocycles. The van der Waals surface area contributed by atoms with Crippen molar-refractivity contribution in [2.75, 3.05) is 13.6 Å². The maximum Gasteiger partial charge on any atom is 0.251 e. The van der Waals surface area contributed by atoms with E-state index in [4.69, 9.17) is 5.73 Å². The molecule has 0 bridgehead atoms. The Hall–Kier alpha value is -0.900. The van der Waals surface area contributed by atoms with Gasteiger partial charge >= 0.3 is 0 Å². The second-order valence-electron chi connectivity index (χ2n) is 3.09. The van der Waals surface area contributed by atoms with Crippen molar-refractivity contribution in [3.8, 4) is 0 Å². The quantitative estimate of drug-likeness (QED) is 0.655. The van der Waals surface area contributed by atoms with Crippen LogP contribution < -0.4 is 5.73 Å². The predicted molar refractivity (Wildman–Crippen MR) is 47.7 cm³/mol. The highest BCUT2D eigenvalue weighted by Gasteiger charge is 2.29. The maximum atomic E-state index is 11.4. The van der Waals surface area contributed by atoms with Gasteiger partial charge in [0.25, 0.3) is 5.91 Å². The summed E-state index contributed by atoms with van der Waals surface area (Å²) in [6, 6.07) is 0. The van der Waals surface area contributed by atoms with Crippen molar-refractivity contribution in [2.24, 2.45) is 16.8 Å². The minimum absolute atomic E-state index is 0.0152. The molecule has 0 fully saturated rings. The van der Waals surface area contributed by atoms with Crippen LogP contribution in [-0.2, 0) is 4.79 Å². The summed E-state index contributed by atoms with van der Waals surface area (Å²) >= 11 is 0. The van der Waals surface area contributed by atoms with Gasteiger partial charge in [-0.15, -0.1) is 0 Å². The van der Waals surface area contributed by atoms with Crippen molar-refractivity contribution >= 4 is 11.6 Å². The molecule has 2 N–H and O–H groups in total. The Morgan fingerprint density at radius 1 is 1.67 bits per heavy atom. The second-order valence-corrected chi connectivity index (χ2v) is 3.09. The van der Waals surface area contributed by atoms with Crippen LogP contribution in [-0.4, -0.2) is 30.2 Å². The minimum atomic E-state index is -0.0152. The molecule has 0 aliphatic carbocycles. The van der Waals surface area contributed by atoms with Gasteiger partial charge in [0.05, 0.1) is 5.92 Å². The molecule has 68 valence electrons. The largest absolute Gasteiger partial charge is 0.330 e. The van der Waals surface area contributed by atoms with E-state index in [1.807, 2.05) is 6.92 Å². The zero-order valence-corrected chi connectivity index (χ0v) is 7.58. The molecule has 4 heteroatoms. The standard InChI is InChI=1S/C8H15N3O/c1-6-7(4-3-5-9)8(12)11(2)10-6/h7H,3-5,9H2,1-2H3. The van der Waals surface area contributed by atoms with Gasteiger partial charge in [0.15, 0.2) is 0 Å². The van der Waals surface area contributed by atoms with E-state index in [-0.39, 0.29) is 11.8 Å². The molecule has 12 heavy (non-hydrogen) atoms. The fourth-order valence-electron chi connectivity index (χ4n) is 1.41. The number of hydrogen-bond donors (Lipinski definition) is 1. The van der Waals surface area contributed by atoms with E-state index in [2.05, 4.69) is 5.10 Å². The van der Waals surface area contributed by atoms with E-state index in [1.54, 1.807) is 7.05 Å². The minimum Gasteiger partial charge on any atom is -0.330 e. The highest BCUT2D eigenvalue weighted by molar-refractivity contribution is 6.06. The van der Waals surface area contributed by atoms with Crippen molar-refractivity contribution in [3.05, 3.63) is 0 Å². The first-order valence-electron chi connectivity index (χ1n) is 4.19. The Morgan fingerprint density at radius 2 is 2.33 bits per heavy atom. The van der Waals surface area contributed by atoms with Gasteiger partial charge in [-0.25, -0.2) is 5.01 Å². The number of carbonyl (C=O) groups excluding carboxylic acids is 1. The third kappa shape index (κ3) is 1.64. The first kappa shape index (κ1) is 9.19. The average Bonchev–Trinajstić information content (AvgIpc) is 2.25. The van der Waals surface area contributed by atoms with Crippen molar-refractivity contribution in [2.45, 2.75) is 19.8 Å². The summed E-state index contributed by atoms with van der Waals surface area (Å²) in [4.78, 5) is 11.4. The number of nitrogens with zero attached hydrogens (tertiary/aromatic N) is 2. The number of nitrogens with two attached hydrogens (primary N) is 1. The number of hydrogen-bond acceptors (Lipinski definition) is 3. The molecule has 1 atom stereocenters. The van der Waals surface area contributed by atoms with Crippen LogP contribution >= 0.6 is 0 Å². The van der Waals surface area contributed by atoms with Gasteiger partial charge in [0.2, 0.25) is 0 Å². The second kappa shape index (κ2) is 3.67. The molecule has 1 rings (SSSR count). The van der Waals surface area contributed by atoms with Crippen LogP contribution in [0.15, 0.2) is 5.10 Å². The molecule has 0 aromatic rings. The van der Waals surface area contributed by atoms with E-state index in [1.165, 1.54) is 5.01 Å². The summed E-state index contributed by atoms with van der Waals surface area (Å²) in [5, 5.41) is 5.48. The fraction of sp³-hybridized carbons (Fsp3) is 0.750. The lowest BCUT2D eigenvalue weighted by Gasteiger charge is -2.08. The maximum absolute atomic E-state index is 11.4. The Morgan fingerprint density at radius 3 is 2.75 bits per heavy atom. The normalized spacial score (nSPS) is 23.2. The molecule has 0 saturated carbocycles. The fourth-order valence-corrected chi connectivity index (χ4v) is 1.41. The van der Waals surface area contributed by atoms with E-state index in [9.17, 15) is 4.79 Å². The highest BCUT2D eigenvalue weighted by atomic mass is 16.2. The SMILES string of the molecule is CC1=NN(C)C(=O)C1CCCN. The van der Waals surface area contributed by atoms with E-state index in [0.717, 1.165) is 18.6 Å². The summed E-state index contributed by atoms with van der Waals surface area (Å²) in [6.45, 7) is 2.53. The number of rotatable bonds is 3. The lowest BCUT2D eigenvalue weighted by molar-refractivity contribution is -0.130. The van der Waals surface area contributed by atoms with Crippen LogP contribution in [0.5, 0.6) is 0 Å². The average molecular weight is 169 g/mol. The molecule has 0 saturated heterocycles. The van der Waals surface area contributed by atoms with Gasteiger partial charge < -0.3 is 5.73 Å². The summed E-state index contributed by atoms with van der Waals surface area (Å²) in [6.07, 6.45) is 1.71. The zero-order chi connectivity index (χ0) is 9.14. The molecule has 1 amide bonds. The zero-order valence-electron chi connectivity index (χ0n) is 7.58. The molecule has 0 spiro atoms. The third-order valence-corrected chi connectivity index (χ3v) is 2.13. The van der Waals surface area contributed by atoms with Crippen LogP contribution in [0.3, 0.4) is 0 Å². The lowest BCUT2D eigenvalue weighted by Crippen LogP contribution is -2.24. The molecule has 1 aliphatic heterocycles. The van der Waals surface area contributed by atoms with E-state index < -0.39 is 0 Å². The van der Waals surface area contributed by atoms with Crippen LogP contribution in [0.25, 0.3) is 0 Å². The van der Waals surface area contributed by atoms with Crippen molar-refractivity contribution in [1.29, 1.82) is 0 Å². The van der Waals surface area contributed by atoms with Gasteiger partial charge in [-0.1, -0.05) is 0 Å². The smallest absolute Gasteiger partial charge is 0.251 e. The molecule has 0 radical (unpaired) electrons. The van der Waals surface area contributed by atoms with E-state index in [0.29, 0.717) is 6.54 Å². The van der Waals surface area contributed by atoms with Crippen molar-refractivity contribution in [1.82, 2.24) is 5.01 Å². The molecule has 1 aliphatic rings. The van der Waals surface area contributed by atoms with Gasteiger partial charge in [0.1, 0.15) is 0 Å². The van der Waals surface area contributed by atoms with Gasteiger partial charge in [0, 0.05) is 12.8 Å². The topological polar surface area (TPSA) is 58.7 Å². The molecule has 0 aromatic heterocycles. The summed E-state index contributed by atoms with van der Waals surface area (Å²) in [5.74, 6) is 0.0829. The number of hydrazone groups is 1. The van der Waals surface area contributed by atoms with Crippen molar-refractivity contribution < 1.29 is 4.79 Å². The van der Waals surface area contributed by atoms with Crippen LogP contribution in [0.1, 0.15) is 19.8 Å². The molecular formula is C8H15N3O. The summed E-state index contributed by atoms with van der Waals surface area (Å²) < 4.78 is 0. The van der Waals surface area contributed by atoms with Crippen LogP contribution in [0, 0.1) is 5.92 Å². The summed E-state index contributed by atoms with van der Waals surface area (Å²) in [7, 11) is 1.69. The Labute approximate surface area is 72.4 Å². The predicted octanol–water partition coefficient (Wildman–Crippen LogP) is 0.189. The number of amides is 1. The highest BCUT2D eigenvalue weighted by Crippen LogP contribution is 2.18.